The number of carbonyl (C=O) groups is 3. The number of nitrogens with one attached hydrogen (secondary N) is 1. The van der Waals surface area contributed by atoms with Gasteiger partial charge in [-0.05, 0) is 38.8 Å². The Bertz CT molecular complexity index is 876. The van der Waals surface area contributed by atoms with Gasteiger partial charge in [-0.25, -0.2) is 4.98 Å². The van der Waals surface area contributed by atoms with E-state index in [4.69, 9.17) is 0 Å². The SMILES string of the molecule is CCN(CC)C(=O)[C@@H]1CCC[C@@H](NC(=O)c2nc3ccccc3s2)CN(C)C(=O)C1. The van der Waals surface area contributed by atoms with Gasteiger partial charge < -0.3 is 15.1 Å². The fourth-order valence-corrected chi connectivity index (χ4v) is 4.81. The van der Waals surface area contributed by atoms with Crippen molar-refractivity contribution in [1.82, 2.24) is 20.1 Å². The van der Waals surface area contributed by atoms with E-state index in [2.05, 4.69) is 10.3 Å². The van der Waals surface area contributed by atoms with Crippen molar-refractivity contribution in [3.63, 3.8) is 0 Å². The average Bonchev–Trinajstić information content (AvgIpc) is 3.19. The summed E-state index contributed by atoms with van der Waals surface area (Å²) in [7, 11) is 1.74. The van der Waals surface area contributed by atoms with Gasteiger partial charge in [0.15, 0.2) is 5.01 Å². The molecule has 1 saturated heterocycles. The number of amides is 3. The van der Waals surface area contributed by atoms with Gasteiger partial charge in [0.2, 0.25) is 11.8 Å². The van der Waals surface area contributed by atoms with Crippen LogP contribution in [0.5, 0.6) is 0 Å². The standard InChI is InChI=1S/C22H30N4O3S/c1-4-26(5-2)22(29)15-9-8-10-16(14-25(3)19(27)13-15)23-20(28)21-24-17-11-6-7-12-18(17)30-21/h6-7,11-12,15-16H,4-5,8-10,13-14H2,1-3H3,(H,23,28)/t15-,16-/m1/s1. The third kappa shape index (κ3) is 5.16. The first-order chi connectivity index (χ1) is 14.4. The Labute approximate surface area is 181 Å². The number of carbonyl (C=O) groups excluding carboxylic acids is 3. The molecule has 2 heterocycles. The zero-order valence-corrected chi connectivity index (χ0v) is 18.7. The van der Waals surface area contributed by atoms with E-state index < -0.39 is 0 Å². The Morgan fingerprint density at radius 1 is 1.23 bits per heavy atom. The molecule has 3 rings (SSSR count). The van der Waals surface area contributed by atoms with Crippen LogP contribution < -0.4 is 5.32 Å². The molecule has 3 amide bonds. The highest BCUT2D eigenvalue weighted by Gasteiger charge is 2.29. The van der Waals surface area contributed by atoms with Crippen LogP contribution in [-0.4, -0.2) is 65.2 Å². The highest BCUT2D eigenvalue weighted by atomic mass is 32.1. The van der Waals surface area contributed by atoms with Gasteiger partial charge in [0, 0.05) is 45.1 Å². The molecule has 2 aromatic rings. The van der Waals surface area contributed by atoms with E-state index in [0.717, 1.165) is 23.1 Å². The topological polar surface area (TPSA) is 82.6 Å². The van der Waals surface area contributed by atoms with Gasteiger partial charge in [0.1, 0.15) is 0 Å². The number of nitrogens with zero attached hydrogens (tertiary/aromatic N) is 3. The largest absolute Gasteiger partial charge is 0.345 e. The number of rotatable bonds is 5. The Morgan fingerprint density at radius 2 is 1.97 bits per heavy atom. The summed E-state index contributed by atoms with van der Waals surface area (Å²) < 4.78 is 0.974. The molecule has 1 aromatic heterocycles. The molecular formula is C22H30N4O3S. The minimum Gasteiger partial charge on any atom is -0.345 e. The van der Waals surface area contributed by atoms with Crippen molar-refractivity contribution >= 4 is 39.3 Å². The van der Waals surface area contributed by atoms with Crippen LogP contribution >= 0.6 is 11.3 Å². The quantitative estimate of drug-likeness (QED) is 0.791. The Kier molecular flexibility index (Phi) is 7.42. The molecule has 2 atom stereocenters. The molecule has 1 fully saturated rings. The Balaban J connectivity index is 1.68. The number of thiazole rings is 1. The number of likely N-dealkylation sites (N-methyl/N-ethyl adjacent to an activating group) is 1. The zero-order chi connectivity index (χ0) is 21.7. The van der Waals surface area contributed by atoms with Crippen molar-refractivity contribution in [2.45, 2.75) is 45.6 Å². The monoisotopic (exact) mass is 430 g/mol. The van der Waals surface area contributed by atoms with Gasteiger partial charge in [-0.1, -0.05) is 18.6 Å². The van der Waals surface area contributed by atoms with E-state index in [1.807, 2.05) is 38.1 Å². The summed E-state index contributed by atoms with van der Waals surface area (Å²) in [6.45, 7) is 5.64. The lowest BCUT2D eigenvalue weighted by atomic mass is 9.95. The maximum atomic E-state index is 12.8. The van der Waals surface area contributed by atoms with Crippen LogP contribution in [-0.2, 0) is 9.59 Å². The number of hydrogen-bond donors (Lipinski definition) is 1. The normalized spacial score (nSPS) is 20.4. The van der Waals surface area contributed by atoms with E-state index in [1.165, 1.54) is 11.3 Å². The van der Waals surface area contributed by atoms with E-state index in [0.29, 0.717) is 31.1 Å². The zero-order valence-electron chi connectivity index (χ0n) is 17.9. The summed E-state index contributed by atoms with van der Waals surface area (Å²) in [5.74, 6) is -0.504. The summed E-state index contributed by atoms with van der Waals surface area (Å²) in [6.07, 6.45) is 2.38. The van der Waals surface area contributed by atoms with Crippen molar-refractivity contribution in [3.8, 4) is 0 Å². The summed E-state index contributed by atoms with van der Waals surface area (Å²) >= 11 is 1.37. The molecular weight excluding hydrogens is 400 g/mol. The second kappa shape index (κ2) is 10.0. The van der Waals surface area contributed by atoms with E-state index in [-0.39, 0.29) is 36.1 Å². The molecule has 0 unspecified atom stereocenters. The van der Waals surface area contributed by atoms with Crippen LogP contribution in [0.1, 0.15) is 49.3 Å². The summed E-state index contributed by atoms with van der Waals surface area (Å²) in [5.41, 5.74) is 0.812. The van der Waals surface area contributed by atoms with Crippen LogP contribution in [0.3, 0.4) is 0 Å². The molecule has 0 aliphatic carbocycles. The maximum Gasteiger partial charge on any atom is 0.280 e. The molecule has 0 bridgehead atoms. The third-order valence-electron chi connectivity index (χ3n) is 5.69. The van der Waals surface area contributed by atoms with E-state index in [9.17, 15) is 14.4 Å². The molecule has 8 heteroatoms. The first kappa shape index (κ1) is 22.2. The summed E-state index contributed by atoms with van der Waals surface area (Å²) in [6, 6.07) is 7.50. The number of aromatic nitrogens is 1. The first-order valence-corrected chi connectivity index (χ1v) is 11.4. The van der Waals surface area contributed by atoms with E-state index in [1.54, 1.807) is 16.8 Å². The highest BCUT2D eigenvalue weighted by molar-refractivity contribution is 7.20. The molecule has 1 aromatic carbocycles. The molecule has 1 N–H and O–H groups in total. The fourth-order valence-electron chi connectivity index (χ4n) is 3.94. The molecule has 30 heavy (non-hydrogen) atoms. The molecule has 7 nitrogen and oxygen atoms in total. The summed E-state index contributed by atoms with van der Waals surface area (Å²) in [5, 5.41) is 3.48. The van der Waals surface area contributed by atoms with E-state index >= 15 is 0 Å². The van der Waals surface area contributed by atoms with Crippen LogP contribution in [0.4, 0.5) is 0 Å². The predicted octanol–water partition coefficient (Wildman–Crippen LogP) is 2.91. The second-order valence-corrected chi connectivity index (χ2v) is 8.80. The van der Waals surface area contributed by atoms with Crippen LogP contribution in [0.15, 0.2) is 24.3 Å². The van der Waals surface area contributed by atoms with Gasteiger partial charge >= 0.3 is 0 Å². The van der Waals surface area contributed by atoms with Crippen LogP contribution in [0, 0.1) is 5.92 Å². The number of fused-ring (bicyclic) bond motifs is 1. The number of para-hydroxylation sites is 1. The predicted molar refractivity (Wildman–Crippen MR) is 118 cm³/mol. The van der Waals surface area contributed by atoms with Gasteiger partial charge in [-0.2, -0.15) is 0 Å². The van der Waals surface area contributed by atoms with Crippen molar-refractivity contribution in [2.24, 2.45) is 5.92 Å². The minimum absolute atomic E-state index is 0.0540. The van der Waals surface area contributed by atoms with Gasteiger partial charge in [-0.3, -0.25) is 14.4 Å². The Hall–Kier alpha value is -2.48. The molecule has 0 spiro atoms. The number of benzene rings is 1. The lowest BCUT2D eigenvalue weighted by molar-refractivity contribution is -0.140. The second-order valence-electron chi connectivity index (χ2n) is 7.77. The fraction of sp³-hybridized carbons (Fsp3) is 0.545. The highest BCUT2D eigenvalue weighted by Crippen LogP contribution is 2.23. The molecule has 162 valence electrons. The van der Waals surface area contributed by atoms with Crippen LogP contribution in [0.25, 0.3) is 10.2 Å². The van der Waals surface area contributed by atoms with Gasteiger partial charge in [0.05, 0.1) is 10.2 Å². The van der Waals surface area contributed by atoms with Crippen LogP contribution in [0.2, 0.25) is 0 Å². The number of hydrogen-bond acceptors (Lipinski definition) is 5. The first-order valence-electron chi connectivity index (χ1n) is 10.6. The van der Waals surface area contributed by atoms with Crippen molar-refractivity contribution in [3.05, 3.63) is 29.3 Å². The summed E-state index contributed by atoms with van der Waals surface area (Å²) in [4.78, 5) is 46.1. The maximum absolute atomic E-state index is 12.8. The van der Waals surface area contributed by atoms with Crippen molar-refractivity contribution in [1.29, 1.82) is 0 Å². The molecule has 1 aliphatic heterocycles. The van der Waals surface area contributed by atoms with Crippen molar-refractivity contribution in [2.75, 3.05) is 26.7 Å². The minimum atomic E-state index is -0.293. The van der Waals surface area contributed by atoms with Gasteiger partial charge in [-0.15, -0.1) is 11.3 Å². The third-order valence-corrected chi connectivity index (χ3v) is 6.73. The lowest BCUT2D eigenvalue weighted by Crippen LogP contribution is -2.44. The average molecular weight is 431 g/mol. The lowest BCUT2D eigenvalue weighted by Gasteiger charge is -2.26. The molecule has 0 saturated carbocycles. The van der Waals surface area contributed by atoms with Crippen molar-refractivity contribution < 1.29 is 14.4 Å². The smallest absolute Gasteiger partial charge is 0.280 e. The molecule has 0 radical (unpaired) electrons. The molecule has 1 aliphatic rings. The Morgan fingerprint density at radius 3 is 2.67 bits per heavy atom. The van der Waals surface area contributed by atoms with Gasteiger partial charge in [0.25, 0.3) is 5.91 Å².